The Bertz CT molecular complexity index is 965. The third kappa shape index (κ3) is 6.16. The molecule has 6 nitrogen and oxygen atoms in total. The molecule has 1 aliphatic rings. The van der Waals surface area contributed by atoms with Crippen molar-refractivity contribution in [2.24, 2.45) is 0 Å². The molecule has 0 unspecified atom stereocenters. The number of likely N-dealkylation sites (tertiary alicyclic amines) is 1. The molecular formula is C22H24BrF2N3O3. The first kappa shape index (κ1) is 23.0. The zero-order valence-electron chi connectivity index (χ0n) is 17.3. The van der Waals surface area contributed by atoms with E-state index in [-0.39, 0.29) is 5.69 Å². The highest BCUT2D eigenvalue weighted by Gasteiger charge is 2.36. The number of amides is 3. The van der Waals surface area contributed by atoms with Gasteiger partial charge in [-0.2, -0.15) is 0 Å². The first-order valence-corrected chi connectivity index (χ1v) is 10.6. The summed E-state index contributed by atoms with van der Waals surface area (Å²) in [6, 6.07) is 10.0. The molecule has 0 aromatic heterocycles. The molecule has 1 N–H and O–H groups in total. The normalized spacial score (nSPS) is 15.3. The molecule has 2 aromatic rings. The predicted molar refractivity (Wildman–Crippen MR) is 117 cm³/mol. The molecule has 0 bridgehead atoms. The van der Waals surface area contributed by atoms with Gasteiger partial charge in [0.05, 0.1) is 5.69 Å². The van der Waals surface area contributed by atoms with Gasteiger partial charge in [-0.1, -0.05) is 28.1 Å². The van der Waals surface area contributed by atoms with Crippen molar-refractivity contribution in [3.8, 4) is 0 Å². The highest BCUT2D eigenvalue weighted by atomic mass is 79.9. The third-order valence-electron chi connectivity index (χ3n) is 5.23. The Hall–Kier alpha value is -2.68. The van der Waals surface area contributed by atoms with Crippen LogP contribution in [0.1, 0.15) is 25.3 Å². The van der Waals surface area contributed by atoms with E-state index in [1.165, 1.54) is 9.80 Å². The van der Waals surface area contributed by atoms with Crippen molar-refractivity contribution in [1.82, 2.24) is 9.80 Å². The second kappa shape index (κ2) is 9.64. The maximum Gasteiger partial charge on any atom is 0.410 e. The number of piperidine rings is 1. The molecule has 2 aromatic carbocycles. The Kier molecular flexibility index (Phi) is 7.15. The minimum Gasteiger partial charge on any atom is -0.443 e. The smallest absolute Gasteiger partial charge is 0.410 e. The Morgan fingerprint density at radius 3 is 2.58 bits per heavy atom. The van der Waals surface area contributed by atoms with Crippen LogP contribution in [0.4, 0.5) is 24.1 Å². The summed E-state index contributed by atoms with van der Waals surface area (Å²) in [5.41, 5.74) is 0.0396. The van der Waals surface area contributed by atoms with Crippen molar-refractivity contribution >= 4 is 33.7 Å². The van der Waals surface area contributed by atoms with Crippen molar-refractivity contribution in [2.45, 2.75) is 31.9 Å². The van der Waals surface area contributed by atoms with Gasteiger partial charge in [0.15, 0.2) is 0 Å². The Morgan fingerprint density at radius 1 is 1.19 bits per heavy atom. The molecule has 1 fully saturated rings. The summed E-state index contributed by atoms with van der Waals surface area (Å²) >= 11 is 3.41. The summed E-state index contributed by atoms with van der Waals surface area (Å²) in [6.45, 7) is 2.88. The molecule has 166 valence electrons. The summed E-state index contributed by atoms with van der Waals surface area (Å²) in [4.78, 5) is 28.0. The second-order valence-corrected chi connectivity index (χ2v) is 8.76. The number of hydrogen-bond donors (Lipinski definition) is 1. The fourth-order valence-electron chi connectivity index (χ4n) is 3.33. The lowest BCUT2D eigenvalue weighted by Gasteiger charge is -2.39. The maximum absolute atomic E-state index is 13.8. The lowest BCUT2D eigenvalue weighted by Crippen LogP contribution is -2.49. The van der Waals surface area contributed by atoms with E-state index in [0.717, 1.165) is 28.2 Å². The number of carbonyl (C=O) groups is 2. The van der Waals surface area contributed by atoms with Gasteiger partial charge in [0, 0.05) is 50.1 Å². The Morgan fingerprint density at radius 2 is 1.90 bits per heavy atom. The first-order valence-electron chi connectivity index (χ1n) is 9.85. The van der Waals surface area contributed by atoms with Gasteiger partial charge >= 0.3 is 12.1 Å². The number of benzene rings is 2. The number of halogens is 3. The van der Waals surface area contributed by atoms with E-state index in [0.29, 0.717) is 32.5 Å². The number of nitrogens with zero attached hydrogens (tertiary/aromatic N) is 2. The summed E-state index contributed by atoms with van der Waals surface area (Å²) in [5, 5.41) is 2.39. The van der Waals surface area contributed by atoms with Gasteiger partial charge in [0.1, 0.15) is 17.2 Å². The van der Waals surface area contributed by atoms with Crippen molar-refractivity contribution in [3.63, 3.8) is 0 Å². The SMILES string of the molecule is CN(Cc1cccc(Br)c1)C(=O)OC1(C)CCN(C(=O)Nc2cc(F)ccc2F)CC1. The number of nitrogens with one attached hydrogen (secondary N) is 1. The number of urea groups is 1. The standard InChI is InChI=1S/C22H24BrF2N3O3/c1-22(31-21(30)27(2)14-15-4-3-5-16(23)12-15)8-10-28(11-9-22)20(29)26-19-13-17(24)6-7-18(19)25/h3-7,12-13H,8-11,14H2,1-2H3,(H,26,29). The second-order valence-electron chi connectivity index (χ2n) is 7.85. The quantitative estimate of drug-likeness (QED) is 0.618. The Balaban J connectivity index is 1.52. The van der Waals surface area contributed by atoms with Crippen molar-refractivity contribution in [2.75, 3.05) is 25.5 Å². The summed E-state index contributed by atoms with van der Waals surface area (Å²) in [5.74, 6) is -1.35. The number of anilines is 1. The van der Waals surface area contributed by atoms with Gasteiger partial charge in [-0.15, -0.1) is 0 Å². The maximum atomic E-state index is 13.8. The van der Waals surface area contributed by atoms with E-state index in [4.69, 9.17) is 4.74 Å². The minimum atomic E-state index is -0.719. The van der Waals surface area contributed by atoms with Gasteiger partial charge in [0.2, 0.25) is 0 Å². The van der Waals surface area contributed by atoms with Crippen LogP contribution in [0.3, 0.4) is 0 Å². The molecule has 0 spiro atoms. The molecule has 1 saturated heterocycles. The Labute approximate surface area is 188 Å². The highest BCUT2D eigenvalue weighted by molar-refractivity contribution is 9.10. The van der Waals surface area contributed by atoms with Crippen LogP contribution in [-0.4, -0.2) is 47.7 Å². The number of rotatable bonds is 4. The zero-order valence-corrected chi connectivity index (χ0v) is 18.9. The van der Waals surface area contributed by atoms with Crippen LogP contribution < -0.4 is 5.32 Å². The molecule has 3 rings (SSSR count). The average Bonchev–Trinajstić information content (AvgIpc) is 2.71. The van der Waals surface area contributed by atoms with E-state index < -0.39 is 29.4 Å². The molecule has 3 amide bonds. The van der Waals surface area contributed by atoms with Crippen LogP contribution in [0.5, 0.6) is 0 Å². The van der Waals surface area contributed by atoms with Crippen LogP contribution in [0.2, 0.25) is 0 Å². The molecule has 1 heterocycles. The van der Waals surface area contributed by atoms with Crippen LogP contribution in [-0.2, 0) is 11.3 Å². The predicted octanol–water partition coefficient (Wildman–Crippen LogP) is 5.38. The molecule has 1 aliphatic heterocycles. The molecule has 31 heavy (non-hydrogen) atoms. The fourth-order valence-corrected chi connectivity index (χ4v) is 3.78. The lowest BCUT2D eigenvalue weighted by atomic mass is 9.93. The van der Waals surface area contributed by atoms with Crippen LogP contribution in [0.25, 0.3) is 0 Å². The minimum absolute atomic E-state index is 0.209. The molecule has 0 radical (unpaired) electrons. The summed E-state index contributed by atoms with van der Waals surface area (Å²) < 4.78 is 33.7. The summed E-state index contributed by atoms with van der Waals surface area (Å²) in [6.07, 6.45) is 0.424. The van der Waals surface area contributed by atoms with E-state index in [1.807, 2.05) is 31.2 Å². The molecular weight excluding hydrogens is 472 g/mol. The zero-order chi connectivity index (χ0) is 22.6. The van der Waals surface area contributed by atoms with E-state index in [9.17, 15) is 18.4 Å². The van der Waals surface area contributed by atoms with Crippen molar-refractivity contribution in [1.29, 1.82) is 0 Å². The van der Waals surface area contributed by atoms with Crippen molar-refractivity contribution < 1.29 is 23.1 Å². The first-order chi connectivity index (χ1) is 14.6. The van der Waals surface area contributed by atoms with E-state index in [1.54, 1.807) is 7.05 Å². The highest BCUT2D eigenvalue weighted by Crippen LogP contribution is 2.28. The fraction of sp³-hybridized carbons (Fsp3) is 0.364. The van der Waals surface area contributed by atoms with Gasteiger partial charge in [-0.3, -0.25) is 0 Å². The number of carbonyl (C=O) groups excluding carboxylic acids is 2. The van der Waals surface area contributed by atoms with Gasteiger partial charge < -0.3 is 19.9 Å². The van der Waals surface area contributed by atoms with Gasteiger partial charge in [-0.05, 0) is 36.8 Å². The molecule has 0 atom stereocenters. The monoisotopic (exact) mass is 495 g/mol. The topological polar surface area (TPSA) is 61.9 Å². The molecule has 9 heteroatoms. The van der Waals surface area contributed by atoms with Gasteiger partial charge in [-0.25, -0.2) is 18.4 Å². The van der Waals surface area contributed by atoms with E-state index >= 15 is 0 Å². The summed E-state index contributed by atoms with van der Waals surface area (Å²) in [7, 11) is 1.67. The van der Waals surface area contributed by atoms with Crippen molar-refractivity contribution in [3.05, 3.63) is 64.1 Å². The molecule has 0 aliphatic carbocycles. The van der Waals surface area contributed by atoms with Gasteiger partial charge in [0.25, 0.3) is 0 Å². The van der Waals surface area contributed by atoms with Crippen LogP contribution >= 0.6 is 15.9 Å². The third-order valence-corrected chi connectivity index (χ3v) is 5.73. The lowest BCUT2D eigenvalue weighted by molar-refractivity contribution is -0.0282. The van der Waals surface area contributed by atoms with Crippen LogP contribution in [0, 0.1) is 11.6 Å². The average molecular weight is 496 g/mol. The molecule has 0 saturated carbocycles. The van der Waals surface area contributed by atoms with Crippen LogP contribution in [0.15, 0.2) is 46.9 Å². The van der Waals surface area contributed by atoms with E-state index in [2.05, 4.69) is 21.2 Å². The largest absolute Gasteiger partial charge is 0.443 e. The number of hydrogen-bond acceptors (Lipinski definition) is 3. The number of ether oxygens (including phenoxy) is 1.